The highest BCUT2D eigenvalue weighted by Gasteiger charge is 1.73. The van der Waals surface area contributed by atoms with Crippen molar-refractivity contribution in [3.8, 4) is 0 Å². The molecule has 2 aromatic heterocycles. The highest BCUT2D eigenvalue weighted by molar-refractivity contribution is 5.32. The van der Waals surface area contributed by atoms with Gasteiger partial charge in [0.15, 0.2) is 0 Å². The van der Waals surface area contributed by atoms with Crippen LogP contribution in [0.2, 0.25) is 0 Å². The summed E-state index contributed by atoms with van der Waals surface area (Å²) in [7, 11) is 0. The fourth-order valence-corrected chi connectivity index (χ4v) is 0.615. The summed E-state index contributed by atoms with van der Waals surface area (Å²) in [6.45, 7) is 0. The van der Waals surface area contributed by atoms with Gasteiger partial charge in [0.05, 0.1) is 0 Å². The first kappa shape index (κ1) is 7.47. The number of hydrogen-bond donors (Lipinski definition) is 3. The first-order chi connectivity index (χ1) is 5.39. The van der Waals surface area contributed by atoms with Crippen molar-refractivity contribution in [3.05, 3.63) is 43.0 Å². The normalized spacial score (nSPS) is 8.36. The average Bonchev–Trinajstić information content (AvgIpc) is 2.57. The molecule has 4 N–H and O–H groups in total. The van der Waals surface area contributed by atoms with E-state index in [9.17, 15) is 0 Å². The van der Waals surface area contributed by atoms with Gasteiger partial charge in [-0.25, -0.2) is 0 Å². The third-order valence-corrected chi connectivity index (χ3v) is 1.12. The maximum absolute atomic E-state index is 5.25. The van der Waals surface area contributed by atoms with E-state index >= 15 is 0 Å². The van der Waals surface area contributed by atoms with Crippen LogP contribution in [0.3, 0.4) is 0 Å². The van der Waals surface area contributed by atoms with Gasteiger partial charge in [0.1, 0.15) is 0 Å². The largest absolute Gasteiger partial charge is 0.398 e. The maximum Gasteiger partial charge on any atom is 0.0491 e. The number of H-pyrrole nitrogens is 2. The molecule has 2 aromatic rings. The lowest BCUT2D eigenvalue weighted by molar-refractivity contribution is 1.42. The van der Waals surface area contributed by atoms with Gasteiger partial charge in [0, 0.05) is 30.5 Å². The molecule has 0 fully saturated rings. The zero-order chi connectivity index (χ0) is 7.94. The van der Waals surface area contributed by atoms with Crippen LogP contribution >= 0.6 is 0 Å². The summed E-state index contributed by atoms with van der Waals surface area (Å²) >= 11 is 0. The van der Waals surface area contributed by atoms with Crippen molar-refractivity contribution in [2.75, 3.05) is 5.73 Å². The molecule has 2 heterocycles. The zero-order valence-corrected chi connectivity index (χ0v) is 6.12. The summed E-state index contributed by atoms with van der Waals surface area (Å²) in [5.41, 5.74) is 6.03. The second-order valence-corrected chi connectivity index (χ2v) is 2.03. The Morgan fingerprint density at radius 1 is 1.00 bits per heavy atom. The van der Waals surface area contributed by atoms with E-state index in [0.717, 1.165) is 5.69 Å². The van der Waals surface area contributed by atoms with E-state index in [4.69, 9.17) is 5.73 Å². The summed E-state index contributed by atoms with van der Waals surface area (Å²) in [4.78, 5) is 5.67. The lowest BCUT2D eigenvalue weighted by Gasteiger charge is -1.69. The van der Waals surface area contributed by atoms with Gasteiger partial charge in [0.2, 0.25) is 0 Å². The summed E-state index contributed by atoms with van der Waals surface area (Å²) in [6.07, 6.45) is 7.27. The molecule has 11 heavy (non-hydrogen) atoms. The van der Waals surface area contributed by atoms with Crippen molar-refractivity contribution >= 4 is 5.69 Å². The van der Waals surface area contributed by atoms with Crippen LogP contribution in [0.1, 0.15) is 0 Å². The second-order valence-electron chi connectivity index (χ2n) is 2.03. The Hall–Kier alpha value is -1.64. The third-order valence-electron chi connectivity index (χ3n) is 1.12. The van der Waals surface area contributed by atoms with Gasteiger partial charge in [-0.3, -0.25) is 0 Å². The Kier molecular flexibility index (Phi) is 2.86. The molecule has 3 heteroatoms. The summed E-state index contributed by atoms with van der Waals surface area (Å²) in [5.74, 6) is 0. The Morgan fingerprint density at radius 3 is 1.91 bits per heavy atom. The van der Waals surface area contributed by atoms with Crippen LogP contribution < -0.4 is 5.73 Å². The number of nitrogens with one attached hydrogen (secondary N) is 2. The topological polar surface area (TPSA) is 57.6 Å². The third kappa shape index (κ3) is 3.15. The quantitative estimate of drug-likeness (QED) is 0.523. The smallest absolute Gasteiger partial charge is 0.0491 e. The monoisotopic (exact) mass is 149 g/mol. The molecule has 0 amide bonds. The number of nitrogens with two attached hydrogens (primary N) is 1. The minimum Gasteiger partial charge on any atom is -0.398 e. The SMILES string of the molecule is Nc1cc[nH]c1.c1cc[nH]c1. The molecule has 0 saturated heterocycles. The van der Waals surface area contributed by atoms with Gasteiger partial charge < -0.3 is 15.7 Å². The van der Waals surface area contributed by atoms with Crippen molar-refractivity contribution in [1.29, 1.82) is 0 Å². The lowest BCUT2D eigenvalue weighted by Crippen LogP contribution is -1.75. The van der Waals surface area contributed by atoms with Crippen LogP contribution in [0.4, 0.5) is 5.69 Å². The maximum atomic E-state index is 5.25. The first-order valence-corrected chi connectivity index (χ1v) is 3.35. The molecular weight excluding hydrogens is 138 g/mol. The van der Waals surface area contributed by atoms with Crippen molar-refractivity contribution in [3.63, 3.8) is 0 Å². The number of rotatable bonds is 0. The van der Waals surface area contributed by atoms with Gasteiger partial charge >= 0.3 is 0 Å². The van der Waals surface area contributed by atoms with Gasteiger partial charge in [-0.15, -0.1) is 0 Å². The van der Waals surface area contributed by atoms with Crippen molar-refractivity contribution < 1.29 is 0 Å². The van der Waals surface area contributed by atoms with Crippen molar-refractivity contribution in [1.82, 2.24) is 9.97 Å². The van der Waals surface area contributed by atoms with Crippen LogP contribution in [0.15, 0.2) is 43.0 Å². The molecule has 0 unspecified atom stereocenters. The molecule has 58 valence electrons. The van der Waals surface area contributed by atoms with Gasteiger partial charge in [0.25, 0.3) is 0 Å². The molecule has 0 radical (unpaired) electrons. The Morgan fingerprint density at radius 2 is 1.73 bits per heavy atom. The average molecular weight is 149 g/mol. The zero-order valence-electron chi connectivity index (χ0n) is 6.12. The Labute approximate surface area is 65.3 Å². The number of anilines is 1. The van der Waals surface area contributed by atoms with Crippen LogP contribution in [-0.4, -0.2) is 9.97 Å². The molecule has 3 nitrogen and oxygen atoms in total. The second kappa shape index (κ2) is 4.22. The molecule has 0 aliphatic heterocycles. The van der Waals surface area contributed by atoms with Gasteiger partial charge in [-0.2, -0.15) is 0 Å². The highest BCUT2D eigenvalue weighted by atomic mass is 14.7. The number of aromatic nitrogens is 2. The molecule has 0 atom stereocenters. The van der Waals surface area contributed by atoms with Gasteiger partial charge in [-0.05, 0) is 18.2 Å². The van der Waals surface area contributed by atoms with E-state index in [1.807, 2.05) is 24.5 Å². The number of hydrogen-bond acceptors (Lipinski definition) is 1. The van der Waals surface area contributed by atoms with Gasteiger partial charge in [-0.1, -0.05) is 0 Å². The summed E-state index contributed by atoms with van der Waals surface area (Å²) in [6, 6.07) is 5.69. The predicted octanol–water partition coefficient (Wildman–Crippen LogP) is 1.61. The molecule has 2 rings (SSSR count). The van der Waals surface area contributed by atoms with E-state index in [2.05, 4.69) is 9.97 Å². The molecule has 0 bridgehead atoms. The minimum atomic E-state index is 0.787. The summed E-state index contributed by atoms with van der Waals surface area (Å²) < 4.78 is 0. The van der Waals surface area contributed by atoms with Crippen molar-refractivity contribution in [2.45, 2.75) is 0 Å². The van der Waals surface area contributed by atoms with Crippen LogP contribution in [-0.2, 0) is 0 Å². The predicted molar refractivity (Wildman–Crippen MR) is 46.0 cm³/mol. The standard InChI is InChI=1S/C4H6N2.C4H5N/c5-4-1-2-6-3-4;1-2-4-5-3-1/h1-3,6H,5H2;1-5H. The molecule has 0 aliphatic rings. The minimum absolute atomic E-state index is 0.787. The Balaban J connectivity index is 0.000000112. The molecule has 0 aromatic carbocycles. The van der Waals surface area contributed by atoms with E-state index in [1.165, 1.54) is 0 Å². The Bertz CT molecular complexity index is 227. The first-order valence-electron chi connectivity index (χ1n) is 3.35. The summed E-state index contributed by atoms with van der Waals surface area (Å²) in [5, 5.41) is 0. The van der Waals surface area contributed by atoms with Crippen molar-refractivity contribution in [2.24, 2.45) is 0 Å². The number of aromatic amines is 2. The molecule has 0 aliphatic carbocycles. The molecular formula is C8H11N3. The van der Waals surface area contributed by atoms with E-state index in [-0.39, 0.29) is 0 Å². The van der Waals surface area contributed by atoms with Crippen LogP contribution in [0.5, 0.6) is 0 Å². The highest BCUT2D eigenvalue weighted by Crippen LogP contribution is 1.92. The number of nitrogen functional groups attached to an aromatic ring is 1. The molecule has 0 spiro atoms. The van der Waals surface area contributed by atoms with E-state index < -0.39 is 0 Å². The van der Waals surface area contributed by atoms with E-state index in [0.29, 0.717) is 0 Å². The molecule has 0 saturated carbocycles. The fraction of sp³-hybridized carbons (Fsp3) is 0. The van der Waals surface area contributed by atoms with Crippen LogP contribution in [0, 0.1) is 0 Å². The fourth-order valence-electron chi connectivity index (χ4n) is 0.615. The lowest BCUT2D eigenvalue weighted by atomic mass is 10.6. The van der Waals surface area contributed by atoms with Crippen LogP contribution in [0.25, 0.3) is 0 Å². The van der Waals surface area contributed by atoms with E-state index in [1.54, 1.807) is 18.5 Å².